The summed E-state index contributed by atoms with van der Waals surface area (Å²) in [5.41, 5.74) is 2.32. The number of hydrogen-bond donors (Lipinski definition) is 1. The van der Waals surface area contributed by atoms with E-state index in [1.807, 2.05) is 31.7 Å². The maximum Gasteiger partial charge on any atom is 0.110 e. The number of rotatable bonds is 5. The van der Waals surface area contributed by atoms with Crippen molar-refractivity contribution in [3.63, 3.8) is 0 Å². The van der Waals surface area contributed by atoms with Crippen molar-refractivity contribution in [3.05, 3.63) is 60.3 Å². The number of likely N-dealkylation sites (N-methyl/N-ethyl adjacent to an activating group) is 1. The number of para-hydroxylation sites is 1. The second kappa shape index (κ2) is 6.06. The summed E-state index contributed by atoms with van der Waals surface area (Å²) < 4.78 is 2.08. The third kappa shape index (κ3) is 2.81. The molecule has 0 saturated carbocycles. The number of aryl methyl sites for hydroxylation is 1. The van der Waals surface area contributed by atoms with E-state index in [0.717, 1.165) is 24.3 Å². The molecule has 2 heterocycles. The van der Waals surface area contributed by atoms with Gasteiger partial charge in [-0.2, -0.15) is 0 Å². The van der Waals surface area contributed by atoms with Gasteiger partial charge < -0.3 is 9.88 Å². The van der Waals surface area contributed by atoms with E-state index in [2.05, 4.69) is 51.0 Å². The van der Waals surface area contributed by atoms with E-state index in [1.54, 1.807) is 0 Å². The van der Waals surface area contributed by atoms with Gasteiger partial charge in [-0.3, -0.25) is 4.98 Å². The van der Waals surface area contributed by atoms with Gasteiger partial charge in [-0.05, 0) is 24.2 Å². The summed E-state index contributed by atoms with van der Waals surface area (Å²) in [6, 6.07) is 10.6. The average molecular weight is 280 g/mol. The molecule has 0 bridgehead atoms. The van der Waals surface area contributed by atoms with E-state index in [0.29, 0.717) is 0 Å². The van der Waals surface area contributed by atoms with Gasteiger partial charge in [0.25, 0.3) is 0 Å². The maximum absolute atomic E-state index is 4.45. The Balaban J connectivity index is 2.01. The Morgan fingerprint density at radius 1 is 1.14 bits per heavy atom. The van der Waals surface area contributed by atoms with E-state index >= 15 is 0 Å². The highest BCUT2D eigenvalue weighted by Crippen LogP contribution is 2.25. The average Bonchev–Trinajstić information content (AvgIpc) is 2.91. The van der Waals surface area contributed by atoms with Gasteiger partial charge in [0.1, 0.15) is 5.82 Å². The first-order valence-electron chi connectivity index (χ1n) is 7.33. The molecule has 1 aromatic carbocycles. The summed E-state index contributed by atoms with van der Waals surface area (Å²) in [6.07, 6.45) is 6.60. The molecule has 3 aromatic rings. The Hall–Kier alpha value is -2.20. The lowest BCUT2D eigenvalue weighted by Gasteiger charge is -2.19. The molecule has 0 aliphatic heterocycles. The molecular weight excluding hydrogens is 260 g/mol. The second-order valence-electron chi connectivity index (χ2n) is 5.19. The molecule has 0 amide bonds. The number of pyridine rings is 1. The smallest absolute Gasteiger partial charge is 0.110 e. The molecule has 2 aromatic heterocycles. The van der Waals surface area contributed by atoms with Crippen molar-refractivity contribution in [3.8, 4) is 0 Å². The summed E-state index contributed by atoms with van der Waals surface area (Å²) in [7, 11) is 2.04. The summed E-state index contributed by atoms with van der Waals surface area (Å²) in [5, 5.41) is 4.78. The Morgan fingerprint density at radius 2 is 2.00 bits per heavy atom. The van der Waals surface area contributed by atoms with Crippen LogP contribution in [0.15, 0.2) is 48.9 Å². The van der Waals surface area contributed by atoms with Crippen molar-refractivity contribution in [2.24, 2.45) is 7.05 Å². The minimum Gasteiger partial charge on any atom is -0.338 e. The van der Waals surface area contributed by atoms with Crippen LogP contribution < -0.4 is 5.32 Å². The van der Waals surface area contributed by atoms with Crippen LogP contribution in [0.4, 0.5) is 0 Å². The second-order valence-corrected chi connectivity index (χ2v) is 5.19. The molecule has 1 atom stereocenters. The number of benzene rings is 1. The molecule has 21 heavy (non-hydrogen) atoms. The first-order valence-corrected chi connectivity index (χ1v) is 7.33. The topological polar surface area (TPSA) is 42.7 Å². The van der Waals surface area contributed by atoms with Crippen LogP contribution in [0.3, 0.4) is 0 Å². The molecule has 0 spiro atoms. The zero-order chi connectivity index (χ0) is 14.7. The van der Waals surface area contributed by atoms with E-state index in [-0.39, 0.29) is 6.04 Å². The zero-order valence-corrected chi connectivity index (χ0v) is 12.5. The van der Waals surface area contributed by atoms with Gasteiger partial charge in [0.15, 0.2) is 0 Å². The minimum absolute atomic E-state index is 0.240. The number of fused-ring (bicyclic) bond motifs is 1. The third-order valence-electron chi connectivity index (χ3n) is 3.82. The summed E-state index contributed by atoms with van der Waals surface area (Å²) in [6.45, 7) is 3.06. The molecule has 108 valence electrons. The molecule has 4 heteroatoms. The first-order chi connectivity index (χ1) is 10.3. The fourth-order valence-electron chi connectivity index (χ4n) is 2.74. The van der Waals surface area contributed by atoms with Crippen molar-refractivity contribution in [2.75, 3.05) is 6.54 Å². The molecule has 0 radical (unpaired) electrons. The fraction of sp³-hybridized carbons (Fsp3) is 0.294. The fourth-order valence-corrected chi connectivity index (χ4v) is 2.74. The Kier molecular flexibility index (Phi) is 3.97. The minimum atomic E-state index is 0.240. The van der Waals surface area contributed by atoms with E-state index in [4.69, 9.17) is 0 Å². The van der Waals surface area contributed by atoms with Crippen LogP contribution in [0.2, 0.25) is 0 Å². The Labute approximate surface area is 124 Å². The van der Waals surface area contributed by atoms with Gasteiger partial charge in [0.2, 0.25) is 0 Å². The third-order valence-corrected chi connectivity index (χ3v) is 3.82. The molecule has 0 fully saturated rings. The summed E-state index contributed by atoms with van der Waals surface area (Å²) in [4.78, 5) is 8.90. The number of aromatic nitrogens is 3. The van der Waals surface area contributed by atoms with Gasteiger partial charge in [0, 0.05) is 43.5 Å². The van der Waals surface area contributed by atoms with E-state index in [9.17, 15) is 0 Å². The standard InChI is InChI=1S/C17H20N4/c1-3-18-16(12-17-20-10-11-21(17)2)14-8-9-19-15-7-5-4-6-13(14)15/h4-11,16,18H,3,12H2,1-2H3. The van der Waals surface area contributed by atoms with Gasteiger partial charge >= 0.3 is 0 Å². The van der Waals surface area contributed by atoms with Gasteiger partial charge in [-0.1, -0.05) is 25.1 Å². The number of hydrogen-bond acceptors (Lipinski definition) is 3. The lowest BCUT2D eigenvalue weighted by molar-refractivity contribution is 0.532. The summed E-state index contributed by atoms with van der Waals surface area (Å²) >= 11 is 0. The largest absolute Gasteiger partial charge is 0.338 e. The first kappa shape index (κ1) is 13.8. The number of nitrogens with one attached hydrogen (secondary N) is 1. The van der Waals surface area contributed by atoms with Crippen LogP contribution in [0, 0.1) is 0 Å². The SMILES string of the molecule is CCNC(Cc1nccn1C)c1ccnc2ccccc12. The maximum atomic E-state index is 4.45. The van der Waals surface area contributed by atoms with Crippen molar-refractivity contribution in [2.45, 2.75) is 19.4 Å². The van der Waals surface area contributed by atoms with Crippen LogP contribution >= 0.6 is 0 Å². The van der Waals surface area contributed by atoms with Gasteiger partial charge in [-0.15, -0.1) is 0 Å². The van der Waals surface area contributed by atoms with Gasteiger partial charge in [-0.25, -0.2) is 4.98 Å². The highest BCUT2D eigenvalue weighted by atomic mass is 15.0. The number of imidazole rings is 1. The van der Waals surface area contributed by atoms with Crippen LogP contribution in [0.5, 0.6) is 0 Å². The normalized spacial score (nSPS) is 12.7. The molecule has 3 rings (SSSR count). The van der Waals surface area contributed by atoms with Crippen molar-refractivity contribution in [1.82, 2.24) is 19.9 Å². The highest BCUT2D eigenvalue weighted by Gasteiger charge is 2.16. The molecule has 4 nitrogen and oxygen atoms in total. The van der Waals surface area contributed by atoms with Crippen LogP contribution in [0.1, 0.15) is 24.4 Å². The predicted molar refractivity (Wildman–Crippen MR) is 85.1 cm³/mol. The number of nitrogens with zero attached hydrogens (tertiary/aromatic N) is 3. The van der Waals surface area contributed by atoms with Crippen molar-refractivity contribution >= 4 is 10.9 Å². The predicted octanol–water partition coefficient (Wildman–Crippen LogP) is 2.86. The molecule has 0 aliphatic rings. The molecule has 0 aliphatic carbocycles. The lowest BCUT2D eigenvalue weighted by Crippen LogP contribution is -2.24. The molecule has 0 saturated heterocycles. The monoisotopic (exact) mass is 280 g/mol. The highest BCUT2D eigenvalue weighted by molar-refractivity contribution is 5.82. The molecule has 1 N–H and O–H groups in total. The molecular formula is C17H20N4. The molecule has 1 unspecified atom stereocenters. The van der Waals surface area contributed by atoms with Gasteiger partial charge in [0.05, 0.1) is 5.52 Å². The Morgan fingerprint density at radius 3 is 2.76 bits per heavy atom. The Bertz CT molecular complexity index is 727. The van der Waals surface area contributed by atoms with Crippen LogP contribution in [-0.2, 0) is 13.5 Å². The van der Waals surface area contributed by atoms with Crippen LogP contribution in [-0.4, -0.2) is 21.1 Å². The summed E-state index contributed by atoms with van der Waals surface area (Å²) in [5.74, 6) is 1.09. The zero-order valence-electron chi connectivity index (χ0n) is 12.5. The quantitative estimate of drug-likeness (QED) is 0.781. The van der Waals surface area contributed by atoms with E-state index in [1.165, 1.54) is 10.9 Å². The van der Waals surface area contributed by atoms with Crippen LogP contribution in [0.25, 0.3) is 10.9 Å². The van der Waals surface area contributed by atoms with Crippen molar-refractivity contribution in [1.29, 1.82) is 0 Å². The van der Waals surface area contributed by atoms with E-state index < -0.39 is 0 Å². The van der Waals surface area contributed by atoms with Crippen molar-refractivity contribution < 1.29 is 0 Å². The lowest BCUT2D eigenvalue weighted by atomic mass is 9.99.